The number of rotatable bonds is 15. The van der Waals surface area contributed by atoms with Gasteiger partial charge in [-0.15, -0.1) is 0 Å². The molecule has 0 aromatic rings. The molecule has 0 aliphatic carbocycles. The van der Waals surface area contributed by atoms with Gasteiger partial charge in [-0.1, -0.05) is 71.1 Å². The maximum atomic E-state index is 10.9. The molecule has 0 saturated heterocycles. The van der Waals surface area contributed by atoms with Crippen molar-refractivity contribution < 1.29 is 20.1 Å². The zero-order valence-corrected chi connectivity index (χ0v) is 13.5. The standard InChI is InChI=1S/C17H34O4/c1-2-3-4-5-6-7-8-9-10-11-12-15(13-18)17(21)16(20)14-19/h13,15-17,19-21H,2-12,14H2,1H3. The summed E-state index contributed by atoms with van der Waals surface area (Å²) in [7, 11) is 0. The number of unbranched alkanes of at least 4 members (excludes halogenated alkanes) is 9. The molecule has 0 rings (SSSR count). The molecule has 0 spiro atoms. The SMILES string of the molecule is CCCCCCCCCCCCC(C=O)C(O)C(O)CO. The van der Waals surface area contributed by atoms with Crippen molar-refractivity contribution in [1.82, 2.24) is 0 Å². The van der Waals surface area contributed by atoms with Crippen molar-refractivity contribution in [2.75, 3.05) is 6.61 Å². The summed E-state index contributed by atoms with van der Waals surface area (Å²) in [6.07, 6.45) is 11.2. The largest absolute Gasteiger partial charge is 0.394 e. The molecule has 4 nitrogen and oxygen atoms in total. The van der Waals surface area contributed by atoms with Crippen LogP contribution in [0.4, 0.5) is 0 Å². The van der Waals surface area contributed by atoms with Gasteiger partial charge in [-0.2, -0.15) is 0 Å². The van der Waals surface area contributed by atoms with E-state index in [1.165, 1.54) is 44.9 Å². The quantitative estimate of drug-likeness (QED) is 0.321. The average molecular weight is 302 g/mol. The minimum atomic E-state index is -1.22. The minimum Gasteiger partial charge on any atom is -0.394 e. The zero-order valence-electron chi connectivity index (χ0n) is 13.5. The van der Waals surface area contributed by atoms with Crippen LogP contribution in [0.15, 0.2) is 0 Å². The second-order valence-electron chi connectivity index (χ2n) is 6.01. The summed E-state index contributed by atoms with van der Waals surface area (Å²) >= 11 is 0. The second-order valence-corrected chi connectivity index (χ2v) is 6.01. The van der Waals surface area contributed by atoms with Crippen LogP contribution in [0.25, 0.3) is 0 Å². The lowest BCUT2D eigenvalue weighted by Gasteiger charge is -2.21. The molecule has 3 unspecified atom stereocenters. The number of aliphatic hydroxyl groups is 3. The lowest BCUT2D eigenvalue weighted by molar-refractivity contribution is -0.119. The highest BCUT2D eigenvalue weighted by Crippen LogP contribution is 2.16. The first-order valence-electron chi connectivity index (χ1n) is 8.59. The van der Waals surface area contributed by atoms with Crippen LogP contribution >= 0.6 is 0 Å². The normalized spacial score (nSPS) is 15.6. The Morgan fingerprint density at radius 2 is 1.33 bits per heavy atom. The van der Waals surface area contributed by atoms with E-state index in [-0.39, 0.29) is 0 Å². The van der Waals surface area contributed by atoms with E-state index in [0.29, 0.717) is 12.7 Å². The third-order valence-electron chi connectivity index (χ3n) is 4.09. The van der Waals surface area contributed by atoms with Crippen molar-refractivity contribution in [3.05, 3.63) is 0 Å². The summed E-state index contributed by atoms with van der Waals surface area (Å²) in [6.45, 7) is 1.71. The number of hydrogen-bond acceptors (Lipinski definition) is 4. The van der Waals surface area contributed by atoms with Crippen molar-refractivity contribution in [2.45, 2.75) is 89.8 Å². The Labute approximate surface area is 129 Å². The Bertz CT molecular complexity index is 233. The molecule has 0 aliphatic rings. The molecule has 0 aromatic heterocycles. The third-order valence-corrected chi connectivity index (χ3v) is 4.09. The van der Waals surface area contributed by atoms with Gasteiger partial charge in [0.2, 0.25) is 0 Å². The molecule has 0 bridgehead atoms. The van der Waals surface area contributed by atoms with Crippen LogP contribution in [0, 0.1) is 5.92 Å². The molecule has 0 saturated carbocycles. The van der Waals surface area contributed by atoms with Crippen molar-refractivity contribution in [2.24, 2.45) is 5.92 Å². The molecule has 0 heterocycles. The van der Waals surface area contributed by atoms with Crippen molar-refractivity contribution in [3.8, 4) is 0 Å². The number of carbonyl (C=O) groups excluding carboxylic acids is 1. The predicted octanol–water partition coefficient (Wildman–Crippen LogP) is 2.83. The smallest absolute Gasteiger partial charge is 0.125 e. The molecule has 0 aliphatic heterocycles. The summed E-state index contributed by atoms with van der Waals surface area (Å²) in [5.41, 5.74) is 0. The van der Waals surface area contributed by atoms with Crippen LogP contribution in [0.5, 0.6) is 0 Å². The molecule has 21 heavy (non-hydrogen) atoms. The van der Waals surface area contributed by atoms with Gasteiger partial charge in [0.05, 0.1) is 12.7 Å². The first kappa shape index (κ1) is 20.6. The van der Waals surface area contributed by atoms with Gasteiger partial charge in [0.25, 0.3) is 0 Å². The molecule has 0 radical (unpaired) electrons. The highest BCUT2D eigenvalue weighted by atomic mass is 16.4. The average Bonchev–Trinajstić information content (AvgIpc) is 2.51. The van der Waals surface area contributed by atoms with Gasteiger partial charge in [0.1, 0.15) is 12.4 Å². The van der Waals surface area contributed by atoms with Crippen LogP contribution in [-0.2, 0) is 4.79 Å². The van der Waals surface area contributed by atoms with Crippen LogP contribution < -0.4 is 0 Å². The highest BCUT2D eigenvalue weighted by molar-refractivity contribution is 5.54. The molecular weight excluding hydrogens is 268 g/mol. The fourth-order valence-electron chi connectivity index (χ4n) is 2.58. The lowest BCUT2D eigenvalue weighted by atomic mass is 9.93. The zero-order chi connectivity index (χ0) is 15.9. The molecule has 126 valence electrons. The molecule has 4 heteroatoms. The second kappa shape index (κ2) is 14.5. The first-order valence-corrected chi connectivity index (χ1v) is 8.59. The first-order chi connectivity index (χ1) is 10.2. The van der Waals surface area contributed by atoms with Crippen LogP contribution in [0.1, 0.15) is 77.6 Å². The van der Waals surface area contributed by atoms with E-state index < -0.39 is 24.7 Å². The van der Waals surface area contributed by atoms with E-state index in [4.69, 9.17) is 5.11 Å². The Balaban J connectivity index is 3.49. The summed E-state index contributed by atoms with van der Waals surface area (Å²) in [4.78, 5) is 10.9. The van der Waals surface area contributed by atoms with Crippen LogP contribution in [0.2, 0.25) is 0 Å². The Hall–Kier alpha value is -0.450. The fourth-order valence-corrected chi connectivity index (χ4v) is 2.58. The van der Waals surface area contributed by atoms with Gasteiger partial charge in [-0.05, 0) is 6.42 Å². The Kier molecular flexibility index (Phi) is 14.2. The molecule has 0 aromatic carbocycles. The van der Waals surface area contributed by atoms with Gasteiger partial charge in [0, 0.05) is 5.92 Å². The summed E-state index contributed by atoms with van der Waals surface area (Å²) < 4.78 is 0. The molecule has 0 fully saturated rings. The van der Waals surface area contributed by atoms with Crippen LogP contribution in [-0.4, -0.2) is 40.4 Å². The molecule has 3 N–H and O–H groups in total. The van der Waals surface area contributed by atoms with E-state index in [0.717, 1.165) is 19.3 Å². The van der Waals surface area contributed by atoms with Crippen molar-refractivity contribution in [1.29, 1.82) is 0 Å². The summed E-state index contributed by atoms with van der Waals surface area (Å²) in [5.74, 6) is -0.568. The molecular formula is C17H34O4. The summed E-state index contributed by atoms with van der Waals surface area (Å²) in [6, 6.07) is 0. The van der Waals surface area contributed by atoms with E-state index in [9.17, 15) is 15.0 Å². The van der Waals surface area contributed by atoms with Crippen molar-refractivity contribution in [3.63, 3.8) is 0 Å². The van der Waals surface area contributed by atoms with Gasteiger partial charge in [0.15, 0.2) is 0 Å². The number of hydrogen-bond donors (Lipinski definition) is 3. The van der Waals surface area contributed by atoms with Gasteiger partial charge in [-0.3, -0.25) is 0 Å². The van der Waals surface area contributed by atoms with E-state index in [1.807, 2.05) is 0 Å². The van der Waals surface area contributed by atoms with E-state index in [1.54, 1.807) is 0 Å². The van der Waals surface area contributed by atoms with Crippen LogP contribution in [0.3, 0.4) is 0 Å². The highest BCUT2D eigenvalue weighted by Gasteiger charge is 2.24. The molecule has 0 amide bonds. The maximum absolute atomic E-state index is 10.9. The van der Waals surface area contributed by atoms with E-state index >= 15 is 0 Å². The Morgan fingerprint density at radius 1 is 0.857 bits per heavy atom. The predicted molar refractivity (Wildman–Crippen MR) is 85.1 cm³/mol. The van der Waals surface area contributed by atoms with E-state index in [2.05, 4.69) is 6.92 Å². The Morgan fingerprint density at radius 3 is 1.76 bits per heavy atom. The topological polar surface area (TPSA) is 77.8 Å². The lowest BCUT2D eigenvalue weighted by Crippen LogP contribution is -2.36. The van der Waals surface area contributed by atoms with Gasteiger partial charge in [-0.25, -0.2) is 0 Å². The number of aliphatic hydroxyl groups excluding tert-OH is 3. The third kappa shape index (κ3) is 10.9. The van der Waals surface area contributed by atoms with Gasteiger partial charge >= 0.3 is 0 Å². The maximum Gasteiger partial charge on any atom is 0.125 e. The number of carbonyl (C=O) groups is 1. The summed E-state index contributed by atoms with van der Waals surface area (Å²) in [5, 5.41) is 27.8. The fraction of sp³-hybridized carbons (Fsp3) is 0.941. The monoisotopic (exact) mass is 302 g/mol. The minimum absolute atomic E-state index is 0.510. The van der Waals surface area contributed by atoms with Crippen molar-refractivity contribution >= 4 is 6.29 Å². The van der Waals surface area contributed by atoms with Gasteiger partial charge < -0.3 is 20.1 Å². The molecule has 3 atom stereocenters. The number of aldehydes is 1.